The molecule has 0 unspecified atom stereocenters. The predicted octanol–water partition coefficient (Wildman–Crippen LogP) is 3.37. The summed E-state index contributed by atoms with van der Waals surface area (Å²) in [5, 5.41) is 9.85. The summed E-state index contributed by atoms with van der Waals surface area (Å²) in [5.74, 6) is 0. The van der Waals surface area contributed by atoms with Gasteiger partial charge in [-0.3, -0.25) is 0 Å². The van der Waals surface area contributed by atoms with Crippen LogP contribution in [-0.4, -0.2) is 23.4 Å². The lowest BCUT2D eigenvalue weighted by atomic mass is 10.00. The fourth-order valence-corrected chi connectivity index (χ4v) is 2.18. The predicted molar refractivity (Wildman–Crippen MR) is 70.9 cm³/mol. The van der Waals surface area contributed by atoms with Crippen molar-refractivity contribution in [3.63, 3.8) is 0 Å². The van der Waals surface area contributed by atoms with Crippen molar-refractivity contribution in [3.05, 3.63) is 30.0 Å². The van der Waals surface area contributed by atoms with Gasteiger partial charge in [0.25, 0.3) is 0 Å². The molecule has 1 fully saturated rings. The zero-order valence-electron chi connectivity index (χ0n) is 11.0. The van der Waals surface area contributed by atoms with Crippen molar-refractivity contribution in [3.8, 4) is 0 Å². The van der Waals surface area contributed by atoms with Crippen LogP contribution in [0.25, 0.3) is 0 Å². The monoisotopic (exact) mass is 236 g/mol. The first-order valence-corrected chi connectivity index (χ1v) is 6.43. The van der Waals surface area contributed by atoms with Crippen molar-refractivity contribution >= 4 is 0 Å². The van der Waals surface area contributed by atoms with Gasteiger partial charge in [0.2, 0.25) is 0 Å². The van der Waals surface area contributed by atoms with Gasteiger partial charge in [-0.1, -0.05) is 20.1 Å². The zero-order valence-corrected chi connectivity index (χ0v) is 11.0. The van der Waals surface area contributed by atoms with Crippen LogP contribution in [0.4, 0.5) is 0 Å². The quantitative estimate of drug-likeness (QED) is 0.566. The molecular weight excluding hydrogens is 212 g/mol. The molecule has 0 aromatic rings. The average molecular weight is 236 g/mol. The van der Waals surface area contributed by atoms with Crippen LogP contribution in [0.3, 0.4) is 0 Å². The van der Waals surface area contributed by atoms with E-state index in [9.17, 15) is 5.11 Å². The minimum atomic E-state index is -0.318. The van der Waals surface area contributed by atoms with E-state index in [1.807, 2.05) is 6.92 Å². The molecule has 1 aliphatic rings. The van der Waals surface area contributed by atoms with Gasteiger partial charge < -0.3 is 9.84 Å². The van der Waals surface area contributed by atoms with Crippen LogP contribution in [0, 0.1) is 0 Å². The Morgan fingerprint density at radius 2 is 2.35 bits per heavy atom. The Kier molecular flexibility index (Phi) is 5.70. The Morgan fingerprint density at radius 1 is 1.65 bits per heavy atom. The Balaban J connectivity index is 2.31. The lowest BCUT2D eigenvalue weighted by Crippen LogP contribution is -2.15. The second kappa shape index (κ2) is 6.80. The first-order valence-electron chi connectivity index (χ1n) is 6.43. The molecule has 1 heterocycles. The Bertz CT molecular complexity index is 313. The Morgan fingerprint density at radius 3 is 2.88 bits per heavy atom. The van der Waals surface area contributed by atoms with Gasteiger partial charge in [-0.15, -0.1) is 5.73 Å². The summed E-state index contributed by atoms with van der Waals surface area (Å²) >= 11 is 0. The van der Waals surface area contributed by atoms with Crippen molar-refractivity contribution in [2.45, 2.75) is 64.3 Å². The Labute approximate surface area is 105 Å². The third-order valence-electron chi connectivity index (χ3n) is 3.36. The highest BCUT2D eigenvalue weighted by atomic mass is 16.5. The van der Waals surface area contributed by atoms with E-state index in [4.69, 9.17) is 4.74 Å². The van der Waals surface area contributed by atoms with Crippen molar-refractivity contribution in [1.29, 1.82) is 0 Å². The molecule has 0 saturated carbocycles. The first-order chi connectivity index (χ1) is 8.06. The van der Waals surface area contributed by atoms with Crippen LogP contribution >= 0.6 is 0 Å². The smallest absolute Gasteiger partial charge is 0.0788 e. The first kappa shape index (κ1) is 14.2. The van der Waals surface area contributed by atoms with Crippen LogP contribution in [0.1, 0.15) is 46.0 Å². The van der Waals surface area contributed by atoms with E-state index in [1.54, 1.807) is 0 Å². The molecule has 1 rings (SSSR count). The maximum Gasteiger partial charge on any atom is 0.0788 e. The molecule has 2 heteroatoms. The van der Waals surface area contributed by atoms with Gasteiger partial charge >= 0.3 is 0 Å². The fraction of sp³-hybridized carbons (Fsp3) is 0.667. The summed E-state index contributed by atoms with van der Waals surface area (Å²) in [4.78, 5) is 0. The molecule has 0 amide bonds. The van der Waals surface area contributed by atoms with Crippen LogP contribution < -0.4 is 0 Å². The highest BCUT2D eigenvalue weighted by Crippen LogP contribution is 2.29. The fourth-order valence-electron chi connectivity index (χ4n) is 2.18. The molecule has 1 aliphatic heterocycles. The zero-order chi connectivity index (χ0) is 12.8. The van der Waals surface area contributed by atoms with Crippen molar-refractivity contribution in [1.82, 2.24) is 0 Å². The van der Waals surface area contributed by atoms with Crippen molar-refractivity contribution in [2.75, 3.05) is 0 Å². The third kappa shape index (κ3) is 4.51. The second-order valence-electron chi connectivity index (χ2n) is 4.91. The van der Waals surface area contributed by atoms with Crippen molar-refractivity contribution < 1.29 is 9.84 Å². The largest absolute Gasteiger partial charge is 0.393 e. The molecule has 0 spiro atoms. The third-order valence-corrected chi connectivity index (χ3v) is 3.36. The summed E-state index contributed by atoms with van der Waals surface area (Å²) in [6.45, 7) is 11.7. The molecule has 0 radical (unpaired) electrons. The summed E-state index contributed by atoms with van der Waals surface area (Å²) in [6, 6.07) is 0. The average Bonchev–Trinajstić information content (AvgIpc) is 2.67. The lowest BCUT2D eigenvalue weighted by Gasteiger charge is -2.15. The molecule has 0 aromatic heterocycles. The topological polar surface area (TPSA) is 29.5 Å². The van der Waals surface area contributed by atoms with Gasteiger partial charge in [-0.25, -0.2) is 0 Å². The number of rotatable bonds is 6. The van der Waals surface area contributed by atoms with E-state index >= 15 is 0 Å². The number of hydrogen-bond acceptors (Lipinski definition) is 2. The van der Waals surface area contributed by atoms with E-state index in [1.165, 1.54) is 5.57 Å². The van der Waals surface area contributed by atoms with Crippen LogP contribution in [0.15, 0.2) is 30.0 Å². The molecule has 0 aromatic carbocycles. The van der Waals surface area contributed by atoms with E-state index in [-0.39, 0.29) is 12.2 Å². The highest BCUT2D eigenvalue weighted by Gasteiger charge is 2.27. The number of aliphatic hydroxyl groups is 1. The summed E-state index contributed by atoms with van der Waals surface area (Å²) < 4.78 is 5.86. The lowest BCUT2D eigenvalue weighted by molar-refractivity contribution is 0.0365. The highest BCUT2D eigenvalue weighted by molar-refractivity contribution is 5.09. The van der Waals surface area contributed by atoms with Gasteiger partial charge in [-0.2, -0.15) is 0 Å². The van der Waals surface area contributed by atoms with Crippen LogP contribution in [0.5, 0.6) is 0 Å². The van der Waals surface area contributed by atoms with E-state index < -0.39 is 0 Å². The van der Waals surface area contributed by atoms with Gasteiger partial charge in [0, 0.05) is 6.42 Å². The van der Waals surface area contributed by atoms with E-state index in [0.717, 1.165) is 31.3 Å². The number of hydrogen-bond donors (Lipinski definition) is 1. The van der Waals surface area contributed by atoms with Crippen LogP contribution in [0.2, 0.25) is 0 Å². The molecule has 2 nitrogen and oxygen atoms in total. The standard InChI is InChI=1S/C15H24O2/c1-5-11(3)9-13(16)7-8-15-12(4)10-14(6-2)17-15/h13-16H,1,4,6-10H2,2-3H3/t13-,14+,15+/m1/s1. The molecular formula is C15H24O2. The maximum atomic E-state index is 9.85. The van der Waals surface area contributed by atoms with Gasteiger partial charge in [-0.05, 0) is 43.8 Å². The molecule has 17 heavy (non-hydrogen) atoms. The number of aliphatic hydroxyl groups excluding tert-OH is 1. The SMILES string of the molecule is C=C=C(C)C[C@H](O)CC[C@@H]1O[C@@H](CC)CC1=C. The van der Waals surface area contributed by atoms with Crippen LogP contribution in [-0.2, 0) is 4.74 Å². The van der Waals surface area contributed by atoms with Gasteiger partial charge in [0.1, 0.15) is 0 Å². The van der Waals surface area contributed by atoms with Gasteiger partial charge in [0.05, 0.1) is 18.3 Å². The normalized spacial score (nSPS) is 25.7. The minimum Gasteiger partial charge on any atom is -0.393 e. The van der Waals surface area contributed by atoms with Gasteiger partial charge in [0.15, 0.2) is 0 Å². The molecule has 0 aliphatic carbocycles. The molecule has 0 bridgehead atoms. The summed E-state index contributed by atoms with van der Waals surface area (Å²) in [6.07, 6.45) is 4.43. The summed E-state index contributed by atoms with van der Waals surface area (Å²) in [5.41, 5.74) is 5.00. The minimum absolute atomic E-state index is 0.141. The van der Waals surface area contributed by atoms with E-state index in [2.05, 4.69) is 25.8 Å². The summed E-state index contributed by atoms with van der Waals surface area (Å²) in [7, 11) is 0. The van der Waals surface area contributed by atoms with E-state index in [0.29, 0.717) is 12.5 Å². The van der Waals surface area contributed by atoms with Crippen molar-refractivity contribution in [2.24, 2.45) is 0 Å². The maximum absolute atomic E-state index is 9.85. The molecule has 1 N–H and O–H groups in total. The molecule has 96 valence electrons. The molecule has 1 saturated heterocycles. The Hall–Kier alpha value is -0.820. The second-order valence-corrected chi connectivity index (χ2v) is 4.91. The molecule has 3 atom stereocenters. The number of ether oxygens (including phenoxy) is 1.